The summed E-state index contributed by atoms with van der Waals surface area (Å²) in [5.41, 5.74) is 5.61. The third-order valence-electron chi connectivity index (χ3n) is 2.43. The Morgan fingerprint density at radius 2 is 2.19 bits per heavy atom. The van der Waals surface area contributed by atoms with Crippen LogP contribution in [0.5, 0.6) is 0 Å². The second-order valence-electron chi connectivity index (χ2n) is 3.70. The molecule has 0 aromatic heterocycles. The molecule has 0 saturated heterocycles. The molecule has 0 radical (unpaired) electrons. The van der Waals surface area contributed by atoms with E-state index in [0.29, 0.717) is 6.42 Å². The Kier molecular flexibility index (Phi) is 4.45. The first-order valence-electron chi connectivity index (χ1n) is 5.07. The minimum absolute atomic E-state index is 0.0724. The molecule has 1 aliphatic rings. The number of sulfonamides is 1. The van der Waals surface area contributed by atoms with Gasteiger partial charge in [0.05, 0.1) is 11.7 Å². The average Bonchev–Trinajstić information content (AvgIpc) is 2.64. The van der Waals surface area contributed by atoms with Crippen molar-refractivity contribution in [3.05, 3.63) is 12.2 Å². The van der Waals surface area contributed by atoms with E-state index in [1.807, 2.05) is 0 Å². The number of carbonyl (C=O) groups is 1. The summed E-state index contributed by atoms with van der Waals surface area (Å²) in [6, 6.07) is -0.0724. The first-order valence-corrected chi connectivity index (χ1v) is 6.72. The summed E-state index contributed by atoms with van der Waals surface area (Å²) in [5.74, 6) is -0.514. The predicted molar refractivity (Wildman–Crippen MR) is 61.1 cm³/mol. The average molecular weight is 247 g/mol. The Labute approximate surface area is 95.3 Å². The molecule has 2 atom stereocenters. The zero-order valence-corrected chi connectivity index (χ0v) is 9.96. The van der Waals surface area contributed by atoms with Crippen LogP contribution in [0.4, 0.5) is 0 Å². The van der Waals surface area contributed by atoms with Crippen LogP contribution in [0.2, 0.25) is 0 Å². The van der Waals surface area contributed by atoms with E-state index in [-0.39, 0.29) is 30.2 Å². The molecule has 7 heteroatoms. The lowest BCUT2D eigenvalue weighted by Crippen LogP contribution is -2.36. The Morgan fingerprint density at radius 1 is 1.50 bits per heavy atom. The van der Waals surface area contributed by atoms with Crippen LogP contribution in [0.15, 0.2) is 12.2 Å². The Morgan fingerprint density at radius 3 is 2.69 bits per heavy atom. The van der Waals surface area contributed by atoms with Crippen molar-refractivity contribution in [2.75, 3.05) is 19.3 Å². The summed E-state index contributed by atoms with van der Waals surface area (Å²) in [7, 11) is -1.91. The molecule has 2 unspecified atom stereocenters. The number of hydrogen-bond donors (Lipinski definition) is 3. The Hall–Kier alpha value is -0.920. The molecule has 0 saturated carbocycles. The highest BCUT2D eigenvalue weighted by Crippen LogP contribution is 2.15. The monoisotopic (exact) mass is 247 g/mol. The molecule has 0 aliphatic heterocycles. The number of nitrogens with two attached hydrogens (primary N) is 1. The van der Waals surface area contributed by atoms with Gasteiger partial charge in [0, 0.05) is 12.6 Å². The van der Waals surface area contributed by atoms with E-state index in [9.17, 15) is 13.2 Å². The third kappa shape index (κ3) is 3.92. The van der Waals surface area contributed by atoms with Gasteiger partial charge >= 0.3 is 0 Å². The SMILES string of the molecule is CNS(=O)(=O)CCNC(=O)C1C=CC(N)C1. The maximum absolute atomic E-state index is 11.5. The van der Waals surface area contributed by atoms with Gasteiger partial charge in [-0.3, -0.25) is 4.79 Å². The number of amides is 1. The molecule has 0 aromatic rings. The largest absolute Gasteiger partial charge is 0.355 e. The van der Waals surface area contributed by atoms with Crippen LogP contribution >= 0.6 is 0 Å². The van der Waals surface area contributed by atoms with Crippen LogP contribution in [0.1, 0.15) is 6.42 Å². The normalized spacial score (nSPS) is 24.6. The number of carbonyl (C=O) groups excluding carboxylic acids is 1. The van der Waals surface area contributed by atoms with Crippen molar-refractivity contribution in [2.24, 2.45) is 11.7 Å². The third-order valence-corrected chi connectivity index (χ3v) is 3.80. The first-order chi connectivity index (χ1) is 7.44. The van der Waals surface area contributed by atoms with Gasteiger partial charge in [0.1, 0.15) is 0 Å². The van der Waals surface area contributed by atoms with Crippen LogP contribution in [0.25, 0.3) is 0 Å². The summed E-state index contributed by atoms with van der Waals surface area (Å²) in [5, 5.41) is 2.57. The van der Waals surface area contributed by atoms with Crippen molar-refractivity contribution in [1.29, 1.82) is 0 Å². The molecule has 0 heterocycles. The smallest absolute Gasteiger partial charge is 0.227 e. The van der Waals surface area contributed by atoms with Gasteiger partial charge in [-0.25, -0.2) is 13.1 Å². The Balaban J connectivity index is 2.29. The standard InChI is InChI=1S/C9H17N3O3S/c1-11-16(14,15)5-4-12-9(13)7-2-3-8(10)6-7/h2-3,7-8,11H,4-6,10H2,1H3,(H,12,13). The van der Waals surface area contributed by atoms with Gasteiger partial charge in [-0.15, -0.1) is 0 Å². The van der Waals surface area contributed by atoms with E-state index in [4.69, 9.17) is 5.73 Å². The molecule has 4 N–H and O–H groups in total. The molecule has 1 aliphatic carbocycles. The minimum atomic E-state index is -3.26. The van der Waals surface area contributed by atoms with Crippen molar-refractivity contribution in [3.8, 4) is 0 Å². The summed E-state index contributed by atoms with van der Waals surface area (Å²) in [6.07, 6.45) is 4.13. The molecule has 6 nitrogen and oxygen atoms in total. The maximum atomic E-state index is 11.5. The molecular formula is C9H17N3O3S. The van der Waals surface area contributed by atoms with Crippen LogP contribution in [-0.4, -0.2) is 39.7 Å². The summed E-state index contributed by atoms with van der Waals surface area (Å²) in [6.45, 7) is 0.113. The highest BCUT2D eigenvalue weighted by Gasteiger charge is 2.22. The predicted octanol–water partition coefficient (Wildman–Crippen LogP) is -1.44. The zero-order valence-electron chi connectivity index (χ0n) is 9.14. The fourth-order valence-corrected chi connectivity index (χ4v) is 2.04. The van der Waals surface area contributed by atoms with Crippen molar-refractivity contribution < 1.29 is 13.2 Å². The molecular weight excluding hydrogens is 230 g/mol. The molecule has 16 heavy (non-hydrogen) atoms. The quantitative estimate of drug-likeness (QED) is 0.518. The van der Waals surface area contributed by atoms with E-state index in [1.54, 1.807) is 12.2 Å². The molecule has 92 valence electrons. The van der Waals surface area contributed by atoms with E-state index in [2.05, 4.69) is 10.0 Å². The molecule has 0 aromatic carbocycles. The lowest BCUT2D eigenvalue weighted by atomic mass is 10.1. The van der Waals surface area contributed by atoms with Crippen molar-refractivity contribution in [2.45, 2.75) is 12.5 Å². The lowest BCUT2D eigenvalue weighted by Gasteiger charge is -2.10. The van der Waals surface area contributed by atoms with Crippen LogP contribution < -0.4 is 15.8 Å². The molecule has 0 bridgehead atoms. The topological polar surface area (TPSA) is 101 Å². The van der Waals surface area contributed by atoms with E-state index in [1.165, 1.54) is 7.05 Å². The van der Waals surface area contributed by atoms with Crippen LogP contribution in [0.3, 0.4) is 0 Å². The highest BCUT2D eigenvalue weighted by molar-refractivity contribution is 7.89. The number of hydrogen-bond acceptors (Lipinski definition) is 4. The van der Waals surface area contributed by atoms with Gasteiger partial charge in [0.15, 0.2) is 0 Å². The lowest BCUT2D eigenvalue weighted by molar-refractivity contribution is -0.123. The number of rotatable bonds is 5. The van der Waals surface area contributed by atoms with Crippen LogP contribution in [0, 0.1) is 5.92 Å². The van der Waals surface area contributed by atoms with Crippen molar-refractivity contribution in [3.63, 3.8) is 0 Å². The van der Waals surface area contributed by atoms with Gasteiger partial charge in [0.2, 0.25) is 15.9 Å². The molecule has 1 rings (SSSR count). The molecule has 1 amide bonds. The van der Waals surface area contributed by atoms with E-state index in [0.717, 1.165) is 0 Å². The first kappa shape index (κ1) is 13.1. The second-order valence-corrected chi connectivity index (χ2v) is 5.75. The fraction of sp³-hybridized carbons (Fsp3) is 0.667. The van der Waals surface area contributed by atoms with E-state index < -0.39 is 10.0 Å². The second kappa shape index (κ2) is 5.42. The summed E-state index contributed by atoms with van der Waals surface area (Å²) < 4.78 is 24.3. The Bertz CT molecular complexity index is 377. The maximum Gasteiger partial charge on any atom is 0.227 e. The number of nitrogens with one attached hydrogen (secondary N) is 2. The zero-order chi connectivity index (χ0) is 12.2. The summed E-state index contributed by atoms with van der Waals surface area (Å²) >= 11 is 0. The minimum Gasteiger partial charge on any atom is -0.355 e. The van der Waals surface area contributed by atoms with Crippen molar-refractivity contribution >= 4 is 15.9 Å². The van der Waals surface area contributed by atoms with E-state index >= 15 is 0 Å². The fourth-order valence-electron chi connectivity index (χ4n) is 1.46. The van der Waals surface area contributed by atoms with Gasteiger partial charge in [-0.05, 0) is 13.5 Å². The molecule has 0 fully saturated rings. The van der Waals surface area contributed by atoms with Crippen molar-refractivity contribution in [1.82, 2.24) is 10.0 Å². The van der Waals surface area contributed by atoms with Gasteiger partial charge in [-0.1, -0.05) is 12.2 Å². The molecule has 0 spiro atoms. The van der Waals surface area contributed by atoms with Crippen LogP contribution in [-0.2, 0) is 14.8 Å². The van der Waals surface area contributed by atoms with Gasteiger partial charge in [0.25, 0.3) is 0 Å². The summed E-state index contributed by atoms with van der Waals surface area (Å²) in [4.78, 5) is 11.5. The van der Waals surface area contributed by atoms with Gasteiger partial charge < -0.3 is 11.1 Å². The van der Waals surface area contributed by atoms with Gasteiger partial charge in [-0.2, -0.15) is 0 Å². The highest BCUT2D eigenvalue weighted by atomic mass is 32.2.